The zero-order chi connectivity index (χ0) is 19.7. The number of fused-ring (bicyclic) bond motifs is 1. The van der Waals surface area contributed by atoms with Crippen molar-refractivity contribution in [3.8, 4) is 5.75 Å². The Labute approximate surface area is 164 Å². The molecule has 1 saturated heterocycles. The second-order valence-corrected chi connectivity index (χ2v) is 8.94. The Morgan fingerprint density at radius 2 is 2.00 bits per heavy atom. The van der Waals surface area contributed by atoms with Crippen molar-refractivity contribution in [2.45, 2.75) is 17.4 Å². The van der Waals surface area contributed by atoms with Gasteiger partial charge < -0.3 is 15.0 Å². The molecule has 0 aliphatic carbocycles. The number of aromatic nitrogens is 2. The minimum atomic E-state index is -3.30. The monoisotopic (exact) mass is 398 g/mol. The van der Waals surface area contributed by atoms with Crippen molar-refractivity contribution >= 4 is 32.2 Å². The second-order valence-electron chi connectivity index (χ2n) is 6.92. The number of benzene rings is 2. The second kappa shape index (κ2) is 7.27. The van der Waals surface area contributed by atoms with E-state index in [1.54, 1.807) is 25.3 Å². The maximum atomic E-state index is 11.9. The number of anilines is 2. The lowest BCUT2D eigenvalue weighted by molar-refractivity contribution is 0.415. The van der Waals surface area contributed by atoms with Gasteiger partial charge in [0, 0.05) is 30.8 Å². The van der Waals surface area contributed by atoms with Crippen molar-refractivity contribution in [3.05, 3.63) is 48.8 Å². The molecule has 0 spiro atoms. The first-order valence-corrected chi connectivity index (χ1v) is 10.9. The van der Waals surface area contributed by atoms with Crippen LogP contribution in [0, 0.1) is 0 Å². The molecule has 0 radical (unpaired) electrons. The molecular formula is C20H22N4O3S. The van der Waals surface area contributed by atoms with E-state index in [2.05, 4.69) is 26.3 Å². The largest absolute Gasteiger partial charge is 0.495 e. The fourth-order valence-corrected chi connectivity index (χ4v) is 4.21. The molecule has 0 saturated carbocycles. The van der Waals surface area contributed by atoms with Crippen LogP contribution in [0.4, 0.5) is 11.5 Å². The molecule has 0 unspecified atom stereocenters. The Morgan fingerprint density at radius 3 is 2.79 bits per heavy atom. The fraction of sp³-hybridized carbons (Fsp3) is 0.300. The van der Waals surface area contributed by atoms with Crippen LogP contribution in [0.5, 0.6) is 5.75 Å². The van der Waals surface area contributed by atoms with E-state index in [1.165, 1.54) is 12.6 Å². The van der Waals surface area contributed by atoms with Gasteiger partial charge in [-0.1, -0.05) is 12.1 Å². The minimum absolute atomic E-state index is 0.185. The van der Waals surface area contributed by atoms with Crippen molar-refractivity contribution < 1.29 is 13.2 Å². The van der Waals surface area contributed by atoms with Gasteiger partial charge in [-0.05, 0) is 36.8 Å². The van der Waals surface area contributed by atoms with Gasteiger partial charge in [-0.15, -0.1) is 0 Å². The van der Waals surface area contributed by atoms with Crippen LogP contribution >= 0.6 is 0 Å². The minimum Gasteiger partial charge on any atom is -0.495 e. The van der Waals surface area contributed by atoms with Gasteiger partial charge in [0.2, 0.25) is 0 Å². The van der Waals surface area contributed by atoms with Gasteiger partial charge in [0.25, 0.3) is 0 Å². The van der Waals surface area contributed by atoms with Crippen LogP contribution in [0.1, 0.15) is 6.42 Å². The van der Waals surface area contributed by atoms with Crippen LogP contribution < -0.4 is 15.0 Å². The number of para-hydroxylation sites is 2. The molecule has 2 heterocycles. The average molecular weight is 398 g/mol. The normalized spacial score (nSPS) is 17.1. The SMILES string of the molecule is COc1ccccc1N1CC[C@@H](Nc2ncnc3ccc(S(C)(=O)=O)cc23)C1. The summed E-state index contributed by atoms with van der Waals surface area (Å²) in [5.41, 5.74) is 1.78. The Bertz CT molecular complexity index is 1120. The van der Waals surface area contributed by atoms with E-state index in [4.69, 9.17) is 4.74 Å². The van der Waals surface area contributed by atoms with Gasteiger partial charge in [0.15, 0.2) is 9.84 Å². The third-order valence-electron chi connectivity index (χ3n) is 4.99. The molecule has 1 aromatic heterocycles. The van der Waals surface area contributed by atoms with E-state index in [0.717, 1.165) is 30.9 Å². The Morgan fingerprint density at radius 1 is 1.18 bits per heavy atom. The quantitative estimate of drug-likeness (QED) is 0.707. The van der Waals surface area contributed by atoms with E-state index in [9.17, 15) is 8.42 Å². The molecule has 0 amide bonds. The molecule has 1 aliphatic rings. The summed E-state index contributed by atoms with van der Waals surface area (Å²) in [6.45, 7) is 1.70. The summed E-state index contributed by atoms with van der Waals surface area (Å²) in [6, 6.07) is 13.1. The molecule has 2 aromatic carbocycles. The fourth-order valence-electron chi connectivity index (χ4n) is 3.56. The highest BCUT2D eigenvalue weighted by atomic mass is 32.2. The van der Waals surface area contributed by atoms with Crippen LogP contribution in [0.2, 0.25) is 0 Å². The summed E-state index contributed by atoms with van der Waals surface area (Å²) in [6.07, 6.45) is 3.64. The molecule has 146 valence electrons. The van der Waals surface area contributed by atoms with Crippen molar-refractivity contribution in [1.82, 2.24) is 9.97 Å². The summed E-state index contributed by atoms with van der Waals surface area (Å²) in [4.78, 5) is 11.2. The van der Waals surface area contributed by atoms with Gasteiger partial charge in [0.05, 0.1) is 23.2 Å². The van der Waals surface area contributed by atoms with Crippen LogP contribution in [0.3, 0.4) is 0 Å². The predicted molar refractivity (Wildman–Crippen MR) is 110 cm³/mol. The van der Waals surface area contributed by atoms with Crippen LogP contribution in [0.15, 0.2) is 53.7 Å². The Balaban J connectivity index is 1.59. The summed E-state index contributed by atoms with van der Waals surface area (Å²) in [7, 11) is -1.62. The number of nitrogens with one attached hydrogen (secondary N) is 1. The average Bonchev–Trinajstić information content (AvgIpc) is 3.15. The maximum absolute atomic E-state index is 11.9. The molecule has 3 aromatic rings. The first kappa shape index (κ1) is 18.5. The standard InChI is InChI=1S/C20H22N4O3S/c1-27-19-6-4-3-5-18(19)24-10-9-14(12-24)23-20-16-11-15(28(2,25)26)7-8-17(16)21-13-22-20/h3-8,11,13-14H,9-10,12H2,1-2H3,(H,21,22,23)/t14-/m1/s1. The third-order valence-corrected chi connectivity index (χ3v) is 6.10. The molecule has 1 fully saturated rings. The van der Waals surface area contributed by atoms with E-state index in [0.29, 0.717) is 16.7 Å². The summed E-state index contributed by atoms with van der Waals surface area (Å²) in [5, 5.41) is 4.18. The molecule has 1 aliphatic heterocycles. The maximum Gasteiger partial charge on any atom is 0.175 e. The van der Waals surface area contributed by atoms with Gasteiger partial charge in [-0.2, -0.15) is 0 Å². The lowest BCUT2D eigenvalue weighted by Gasteiger charge is -2.21. The van der Waals surface area contributed by atoms with E-state index < -0.39 is 9.84 Å². The molecule has 7 nitrogen and oxygen atoms in total. The first-order valence-electron chi connectivity index (χ1n) is 9.05. The topological polar surface area (TPSA) is 84.4 Å². The van der Waals surface area contributed by atoms with Crippen LogP contribution in [-0.4, -0.2) is 50.9 Å². The Kier molecular flexibility index (Phi) is 4.80. The molecule has 1 atom stereocenters. The van der Waals surface area contributed by atoms with Crippen molar-refractivity contribution in [2.24, 2.45) is 0 Å². The number of rotatable bonds is 5. The van der Waals surface area contributed by atoms with Crippen molar-refractivity contribution in [1.29, 1.82) is 0 Å². The highest BCUT2D eigenvalue weighted by molar-refractivity contribution is 7.90. The van der Waals surface area contributed by atoms with Crippen molar-refractivity contribution in [3.63, 3.8) is 0 Å². The summed E-state index contributed by atoms with van der Waals surface area (Å²) in [5.74, 6) is 1.51. The molecule has 1 N–H and O–H groups in total. The van der Waals surface area contributed by atoms with Crippen LogP contribution in [0.25, 0.3) is 10.9 Å². The van der Waals surface area contributed by atoms with E-state index in [-0.39, 0.29) is 10.9 Å². The van der Waals surface area contributed by atoms with Crippen LogP contribution in [-0.2, 0) is 9.84 Å². The predicted octanol–water partition coefficient (Wildman–Crippen LogP) is 2.73. The van der Waals surface area contributed by atoms with Gasteiger partial charge in [-0.3, -0.25) is 0 Å². The smallest absolute Gasteiger partial charge is 0.175 e. The first-order chi connectivity index (χ1) is 13.5. The molecular weight excluding hydrogens is 376 g/mol. The van der Waals surface area contributed by atoms with E-state index >= 15 is 0 Å². The summed E-state index contributed by atoms with van der Waals surface area (Å²) >= 11 is 0. The Hall–Kier alpha value is -2.87. The molecule has 4 rings (SSSR count). The number of methoxy groups -OCH3 is 1. The lowest BCUT2D eigenvalue weighted by atomic mass is 10.2. The lowest BCUT2D eigenvalue weighted by Crippen LogP contribution is -2.26. The molecule has 0 bridgehead atoms. The number of hydrogen-bond acceptors (Lipinski definition) is 7. The molecule has 28 heavy (non-hydrogen) atoms. The molecule has 8 heteroatoms. The van der Waals surface area contributed by atoms with Gasteiger partial charge >= 0.3 is 0 Å². The van der Waals surface area contributed by atoms with Crippen molar-refractivity contribution in [2.75, 3.05) is 36.7 Å². The van der Waals surface area contributed by atoms with Gasteiger partial charge in [-0.25, -0.2) is 18.4 Å². The summed E-state index contributed by atoms with van der Waals surface area (Å²) < 4.78 is 29.3. The number of sulfone groups is 1. The zero-order valence-corrected chi connectivity index (χ0v) is 16.6. The zero-order valence-electron chi connectivity index (χ0n) is 15.8. The van der Waals surface area contributed by atoms with Gasteiger partial charge in [0.1, 0.15) is 17.9 Å². The highest BCUT2D eigenvalue weighted by Gasteiger charge is 2.25. The van der Waals surface area contributed by atoms with E-state index in [1.807, 2.05) is 18.2 Å². The highest BCUT2D eigenvalue weighted by Crippen LogP contribution is 2.31. The number of ether oxygens (including phenoxy) is 1. The third kappa shape index (κ3) is 3.60. The number of nitrogens with zero attached hydrogens (tertiary/aromatic N) is 3. The number of hydrogen-bond donors (Lipinski definition) is 1.